The largest absolute Gasteiger partial charge is 0.356 e. The first-order valence-electron chi connectivity index (χ1n) is 10.7. The SMILES string of the molecule is Cc1nc(CC(=O)N2CCC3(CC2)CC3C(=O)NCCC2=CCCCC2)cs1. The number of hydrogen-bond acceptors (Lipinski definition) is 4. The number of allylic oxidation sites excluding steroid dienone is 1. The molecule has 0 aromatic carbocycles. The summed E-state index contributed by atoms with van der Waals surface area (Å²) in [7, 11) is 0. The maximum atomic E-state index is 12.6. The second kappa shape index (κ2) is 8.36. The molecule has 1 spiro atoms. The van der Waals surface area contributed by atoms with Crippen LogP contribution in [-0.4, -0.2) is 41.3 Å². The predicted molar refractivity (Wildman–Crippen MR) is 111 cm³/mol. The molecule has 1 unspecified atom stereocenters. The summed E-state index contributed by atoms with van der Waals surface area (Å²) >= 11 is 1.59. The molecule has 6 heteroatoms. The van der Waals surface area contributed by atoms with E-state index in [1.54, 1.807) is 11.3 Å². The molecule has 2 heterocycles. The van der Waals surface area contributed by atoms with Gasteiger partial charge in [-0.15, -0.1) is 11.3 Å². The van der Waals surface area contributed by atoms with Crippen LogP contribution >= 0.6 is 11.3 Å². The lowest BCUT2D eigenvalue weighted by molar-refractivity contribution is -0.132. The first-order valence-corrected chi connectivity index (χ1v) is 11.6. The molecule has 3 aliphatic rings. The average molecular weight is 402 g/mol. The maximum absolute atomic E-state index is 12.6. The monoisotopic (exact) mass is 401 g/mol. The van der Waals surface area contributed by atoms with Crippen LogP contribution in [0.5, 0.6) is 0 Å². The molecule has 2 aliphatic carbocycles. The molecule has 0 bridgehead atoms. The fourth-order valence-electron chi connectivity index (χ4n) is 4.83. The molecule has 152 valence electrons. The van der Waals surface area contributed by atoms with E-state index in [0.29, 0.717) is 6.42 Å². The van der Waals surface area contributed by atoms with E-state index in [9.17, 15) is 9.59 Å². The molecule has 1 aromatic heterocycles. The van der Waals surface area contributed by atoms with Crippen LogP contribution in [0.1, 0.15) is 62.1 Å². The Balaban J connectivity index is 1.19. The normalized spacial score (nSPS) is 23.4. The molecule has 1 aromatic rings. The van der Waals surface area contributed by atoms with E-state index in [4.69, 9.17) is 0 Å². The van der Waals surface area contributed by atoms with E-state index in [2.05, 4.69) is 16.4 Å². The molecule has 5 nitrogen and oxygen atoms in total. The highest BCUT2D eigenvalue weighted by atomic mass is 32.1. The Hall–Kier alpha value is -1.69. The van der Waals surface area contributed by atoms with Gasteiger partial charge in [0.05, 0.1) is 17.1 Å². The Labute approximate surface area is 171 Å². The van der Waals surface area contributed by atoms with Crippen molar-refractivity contribution in [3.8, 4) is 0 Å². The molecule has 2 amide bonds. The van der Waals surface area contributed by atoms with Crippen molar-refractivity contribution in [1.82, 2.24) is 15.2 Å². The summed E-state index contributed by atoms with van der Waals surface area (Å²) in [5.74, 6) is 0.558. The lowest BCUT2D eigenvalue weighted by Crippen LogP contribution is -2.41. The van der Waals surface area contributed by atoms with Crippen LogP contribution in [0.2, 0.25) is 0 Å². The van der Waals surface area contributed by atoms with Crippen LogP contribution in [0, 0.1) is 18.3 Å². The number of aryl methyl sites for hydroxylation is 1. The minimum Gasteiger partial charge on any atom is -0.356 e. The first-order chi connectivity index (χ1) is 13.6. The molecule has 0 radical (unpaired) electrons. The third-order valence-corrected chi connectivity index (χ3v) is 7.57. The van der Waals surface area contributed by atoms with Crippen molar-refractivity contribution in [3.63, 3.8) is 0 Å². The van der Waals surface area contributed by atoms with E-state index >= 15 is 0 Å². The Kier molecular flexibility index (Phi) is 5.85. The van der Waals surface area contributed by atoms with E-state index in [1.165, 1.54) is 31.3 Å². The van der Waals surface area contributed by atoms with Crippen LogP contribution in [0.4, 0.5) is 0 Å². The van der Waals surface area contributed by atoms with Gasteiger partial charge >= 0.3 is 0 Å². The smallest absolute Gasteiger partial charge is 0.228 e. The van der Waals surface area contributed by atoms with E-state index in [-0.39, 0.29) is 23.1 Å². The summed E-state index contributed by atoms with van der Waals surface area (Å²) in [6, 6.07) is 0. The lowest BCUT2D eigenvalue weighted by Gasteiger charge is -2.32. The maximum Gasteiger partial charge on any atom is 0.228 e. The predicted octanol–water partition coefficient (Wildman–Crippen LogP) is 3.63. The van der Waals surface area contributed by atoms with Crippen molar-refractivity contribution in [1.29, 1.82) is 0 Å². The van der Waals surface area contributed by atoms with E-state index < -0.39 is 0 Å². The summed E-state index contributed by atoms with van der Waals surface area (Å²) in [5, 5.41) is 6.15. The molecule has 4 rings (SSSR count). The summed E-state index contributed by atoms with van der Waals surface area (Å²) < 4.78 is 0. The fourth-order valence-corrected chi connectivity index (χ4v) is 5.44. The summed E-state index contributed by atoms with van der Waals surface area (Å²) in [6.07, 6.45) is 11.7. The molecular formula is C22H31N3O2S. The van der Waals surface area contributed by atoms with Gasteiger partial charge in [-0.3, -0.25) is 9.59 Å². The van der Waals surface area contributed by atoms with Crippen molar-refractivity contribution < 1.29 is 9.59 Å². The number of aromatic nitrogens is 1. The Bertz CT molecular complexity index is 762. The Morgan fingerprint density at radius 1 is 1.32 bits per heavy atom. The van der Waals surface area contributed by atoms with Crippen LogP contribution in [0.25, 0.3) is 0 Å². The van der Waals surface area contributed by atoms with Gasteiger partial charge in [-0.05, 0) is 63.7 Å². The van der Waals surface area contributed by atoms with Gasteiger partial charge in [0.15, 0.2) is 0 Å². The molecule has 28 heavy (non-hydrogen) atoms. The number of piperidine rings is 1. The summed E-state index contributed by atoms with van der Waals surface area (Å²) in [6.45, 7) is 4.29. The molecule has 1 N–H and O–H groups in total. The fraction of sp³-hybridized carbons (Fsp3) is 0.682. The van der Waals surface area contributed by atoms with Crippen molar-refractivity contribution in [2.24, 2.45) is 11.3 Å². The Morgan fingerprint density at radius 3 is 2.82 bits per heavy atom. The second-order valence-corrected chi connectivity index (χ2v) is 9.75. The van der Waals surface area contributed by atoms with Gasteiger partial charge in [0.1, 0.15) is 0 Å². The number of thiazole rings is 1. The van der Waals surface area contributed by atoms with Crippen molar-refractivity contribution in [3.05, 3.63) is 27.7 Å². The standard InChI is InChI=1S/C22H31N3O2S/c1-16-24-18(15-28-16)13-20(26)25-11-8-22(9-12-25)14-19(22)21(27)23-10-7-17-5-3-2-4-6-17/h5,15,19H,2-4,6-14H2,1H3,(H,23,27). The van der Waals surface area contributed by atoms with Crippen LogP contribution < -0.4 is 5.32 Å². The number of rotatable bonds is 6. The molecule has 2 fully saturated rings. The summed E-state index contributed by atoms with van der Waals surface area (Å²) in [5.41, 5.74) is 2.55. The van der Waals surface area contributed by atoms with Crippen molar-refractivity contribution >= 4 is 23.2 Å². The Morgan fingerprint density at radius 2 is 2.14 bits per heavy atom. The van der Waals surface area contributed by atoms with Crippen molar-refractivity contribution in [2.75, 3.05) is 19.6 Å². The minimum atomic E-state index is 0.155. The molecule has 1 saturated heterocycles. The van der Waals surface area contributed by atoms with Crippen LogP contribution in [0.3, 0.4) is 0 Å². The number of carbonyl (C=O) groups is 2. The number of nitrogens with zero attached hydrogens (tertiary/aromatic N) is 2. The molecule has 1 atom stereocenters. The zero-order chi connectivity index (χ0) is 19.6. The minimum absolute atomic E-state index is 0.155. The number of amides is 2. The van der Waals surface area contributed by atoms with Gasteiger partial charge in [0.25, 0.3) is 0 Å². The lowest BCUT2D eigenvalue weighted by atomic mass is 9.90. The zero-order valence-corrected chi connectivity index (χ0v) is 17.7. The summed E-state index contributed by atoms with van der Waals surface area (Å²) in [4.78, 5) is 31.4. The van der Waals surface area contributed by atoms with Gasteiger partial charge in [-0.25, -0.2) is 4.98 Å². The quantitative estimate of drug-likeness (QED) is 0.741. The van der Waals surface area contributed by atoms with Gasteiger partial charge in [0.2, 0.25) is 11.8 Å². The van der Waals surface area contributed by atoms with Gasteiger partial charge < -0.3 is 10.2 Å². The average Bonchev–Trinajstić information content (AvgIpc) is 3.24. The van der Waals surface area contributed by atoms with E-state index in [1.807, 2.05) is 17.2 Å². The molecular weight excluding hydrogens is 370 g/mol. The third-order valence-electron chi connectivity index (χ3n) is 6.75. The van der Waals surface area contributed by atoms with Gasteiger partial charge in [-0.2, -0.15) is 0 Å². The van der Waals surface area contributed by atoms with Crippen LogP contribution in [0.15, 0.2) is 17.0 Å². The number of carbonyl (C=O) groups excluding carboxylic acids is 2. The highest BCUT2D eigenvalue weighted by Crippen LogP contribution is 2.59. The zero-order valence-electron chi connectivity index (χ0n) is 16.8. The molecule has 1 aliphatic heterocycles. The van der Waals surface area contributed by atoms with Crippen molar-refractivity contribution in [2.45, 2.75) is 64.7 Å². The number of hydrogen-bond donors (Lipinski definition) is 1. The topological polar surface area (TPSA) is 62.3 Å². The highest BCUT2D eigenvalue weighted by Gasteiger charge is 2.58. The van der Waals surface area contributed by atoms with Gasteiger partial charge in [0, 0.05) is 30.9 Å². The highest BCUT2D eigenvalue weighted by molar-refractivity contribution is 7.09. The first kappa shape index (κ1) is 19.6. The van der Waals surface area contributed by atoms with Crippen LogP contribution in [-0.2, 0) is 16.0 Å². The second-order valence-electron chi connectivity index (χ2n) is 8.68. The van der Waals surface area contributed by atoms with E-state index in [0.717, 1.165) is 56.0 Å². The molecule has 1 saturated carbocycles. The number of nitrogens with one attached hydrogen (secondary N) is 1. The number of likely N-dealkylation sites (tertiary alicyclic amines) is 1. The van der Waals surface area contributed by atoms with Gasteiger partial charge in [-0.1, -0.05) is 11.6 Å². The third kappa shape index (κ3) is 4.48.